The van der Waals surface area contributed by atoms with Gasteiger partial charge in [0.05, 0.1) is 20.0 Å². The zero-order valence-corrected chi connectivity index (χ0v) is 17.8. The largest absolute Gasteiger partial charge is 0.493 e. The van der Waals surface area contributed by atoms with Gasteiger partial charge < -0.3 is 14.8 Å². The van der Waals surface area contributed by atoms with Crippen molar-refractivity contribution in [3.63, 3.8) is 0 Å². The maximum Gasteiger partial charge on any atom is 0.234 e. The molecule has 3 rings (SSSR count). The minimum absolute atomic E-state index is 0.120. The van der Waals surface area contributed by atoms with Gasteiger partial charge in [-0.3, -0.25) is 4.79 Å². The first-order valence-electron chi connectivity index (χ1n) is 8.33. The molecule has 146 valence electrons. The summed E-state index contributed by atoms with van der Waals surface area (Å²) in [5, 5.41) is 11.2. The van der Waals surface area contributed by atoms with Crippen molar-refractivity contribution in [2.45, 2.75) is 14.4 Å². The molecule has 0 aliphatic rings. The van der Waals surface area contributed by atoms with Crippen LogP contribution in [0, 0.1) is 0 Å². The molecule has 28 heavy (non-hydrogen) atoms. The molecule has 3 aromatic rings. The highest BCUT2D eigenvalue weighted by Crippen LogP contribution is 2.32. The summed E-state index contributed by atoms with van der Waals surface area (Å²) in [5.41, 5.74) is 1.89. The van der Waals surface area contributed by atoms with Crippen molar-refractivity contribution in [1.82, 2.24) is 10.2 Å². The zero-order valence-electron chi connectivity index (χ0n) is 15.4. The number of nitrogens with zero attached hydrogens (tertiary/aromatic N) is 2. The highest BCUT2D eigenvalue weighted by molar-refractivity contribution is 8.03. The molecule has 0 aliphatic carbocycles. The standard InChI is InChI=1S/C19H19N3O3S3/c1-24-15-9-8-14(10-16(15)25-2)20-17(23)12-27-19-22-21-18(28-19)26-11-13-6-4-3-5-7-13/h3-10H,11-12H2,1-2H3,(H,20,23). The molecule has 0 atom stereocenters. The number of carbonyl (C=O) groups is 1. The Labute approximate surface area is 176 Å². The molecule has 0 aliphatic heterocycles. The first kappa shape index (κ1) is 20.5. The second-order valence-electron chi connectivity index (χ2n) is 5.51. The third-order valence-corrected chi connectivity index (χ3v) is 6.85. The van der Waals surface area contributed by atoms with Crippen LogP contribution in [0.4, 0.5) is 5.69 Å². The van der Waals surface area contributed by atoms with Crippen molar-refractivity contribution in [3.05, 3.63) is 54.1 Å². The fraction of sp³-hybridized carbons (Fsp3) is 0.211. The van der Waals surface area contributed by atoms with Crippen LogP contribution >= 0.6 is 34.9 Å². The average molecular weight is 434 g/mol. The van der Waals surface area contributed by atoms with Gasteiger partial charge in [-0.05, 0) is 17.7 Å². The number of methoxy groups -OCH3 is 2. The van der Waals surface area contributed by atoms with Crippen LogP contribution in [0.1, 0.15) is 5.56 Å². The molecular weight excluding hydrogens is 414 g/mol. The van der Waals surface area contributed by atoms with E-state index in [1.165, 1.54) is 28.7 Å². The fourth-order valence-electron chi connectivity index (χ4n) is 2.27. The number of aromatic nitrogens is 2. The Morgan fingerprint density at radius 1 is 1.00 bits per heavy atom. The van der Waals surface area contributed by atoms with E-state index < -0.39 is 0 Å². The Hall–Kier alpha value is -2.23. The van der Waals surface area contributed by atoms with Crippen LogP contribution in [0.2, 0.25) is 0 Å². The van der Waals surface area contributed by atoms with Gasteiger partial charge in [0.25, 0.3) is 0 Å². The van der Waals surface area contributed by atoms with E-state index in [9.17, 15) is 4.79 Å². The number of ether oxygens (including phenoxy) is 2. The lowest BCUT2D eigenvalue weighted by atomic mass is 10.2. The molecule has 1 N–H and O–H groups in total. The number of anilines is 1. The molecule has 0 fully saturated rings. The van der Waals surface area contributed by atoms with Crippen molar-refractivity contribution >= 4 is 46.5 Å². The summed E-state index contributed by atoms with van der Waals surface area (Å²) in [4.78, 5) is 12.2. The average Bonchev–Trinajstić information content (AvgIpc) is 3.19. The number of amides is 1. The van der Waals surface area contributed by atoms with Crippen LogP contribution in [0.25, 0.3) is 0 Å². The quantitative estimate of drug-likeness (QED) is 0.495. The molecule has 0 unspecified atom stereocenters. The van der Waals surface area contributed by atoms with Crippen LogP contribution < -0.4 is 14.8 Å². The SMILES string of the molecule is COc1ccc(NC(=O)CSc2nnc(SCc3ccccc3)s2)cc1OC. The van der Waals surface area contributed by atoms with E-state index in [2.05, 4.69) is 27.6 Å². The number of rotatable bonds is 9. The van der Waals surface area contributed by atoms with Crippen LogP contribution in [-0.2, 0) is 10.5 Å². The van der Waals surface area contributed by atoms with Gasteiger partial charge in [-0.1, -0.05) is 65.2 Å². The van der Waals surface area contributed by atoms with Crippen molar-refractivity contribution in [2.24, 2.45) is 0 Å². The van der Waals surface area contributed by atoms with Gasteiger partial charge in [0.15, 0.2) is 20.2 Å². The predicted octanol–water partition coefficient (Wildman–Crippen LogP) is 4.58. The third-order valence-electron chi connectivity index (χ3n) is 3.59. The molecule has 6 nitrogen and oxygen atoms in total. The van der Waals surface area contributed by atoms with Gasteiger partial charge in [0.1, 0.15) is 0 Å². The van der Waals surface area contributed by atoms with Crippen molar-refractivity contribution in [1.29, 1.82) is 0 Å². The second kappa shape index (κ2) is 10.4. The van der Waals surface area contributed by atoms with Gasteiger partial charge in [0, 0.05) is 17.5 Å². The number of nitrogens with one attached hydrogen (secondary N) is 1. The Kier molecular flexibility index (Phi) is 7.58. The third kappa shape index (κ3) is 5.88. The molecule has 9 heteroatoms. The fourth-order valence-corrected chi connectivity index (χ4v) is 5.05. The molecule has 1 aromatic heterocycles. The van der Waals surface area contributed by atoms with Crippen molar-refractivity contribution in [3.8, 4) is 11.5 Å². The van der Waals surface area contributed by atoms with Crippen LogP contribution in [0.3, 0.4) is 0 Å². The first-order chi connectivity index (χ1) is 13.7. The lowest BCUT2D eigenvalue weighted by Crippen LogP contribution is -2.14. The molecule has 0 saturated heterocycles. The molecule has 0 spiro atoms. The number of thioether (sulfide) groups is 2. The van der Waals surface area contributed by atoms with E-state index in [0.29, 0.717) is 17.2 Å². The first-order valence-corrected chi connectivity index (χ1v) is 11.1. The Morgan fingerprint density at radius 3 is 2.43 bits per heavy atom. The molecule has 1 amide bonds. The molecule has 0 radical (unpaired) electrons. The smallest absolute Gasteiger partial charge is 0.234 e. The minimum atomic E-state index is -0.120. The number of benzene rings is 2. The van der Waals surface area contributed by atoms with E-state index in [0.717, 1.165) is 14.4 Å². The summed E-state index contributed by atoms with van der Waals surface area (Å²) in [6.07, 6.45) is 0. The van der Waals surface area contributed by atoms with E-state index in [-0.39, 0.29) is 11.7 Å². The van der Waals surface area contributed by atoms with E-state index in [4.69, 9.17) is 9.47 Å². The van der Waals surface area contributed by atoms with Crippen LogP contribution in [-0.4, -0.2) is 36.1 Å². The summed E-state index contributed by atoms with van der Waals surface area (Å²) in [7, 11) is 3.13. The monoisotopic (exact) mass is 433 g/mol. The number of carbonyl (C=O) groups excluding carboxylic acids is 1. The summed E-state index contributed by atoms with van der Waals surface area (Å²) >= 11 is 4.51. The maximum atomic E-state index is 12.2. The highest BCUT2D eigenvalue weighted by Gasteiger charge is 2.11. The molecule has 0 bridgehead atoms. The Morgan fingerprint density at radius 2 is 1.71 bits per heavy atom. The van der Waals surface area contributed by atoms with Crippen molar-refractivity contribution in [2.75, 3.05) is 25.3 Å². The second-order valence-corrected chi connectivity index (χ2v) is 8.94. The number of hydrogen-bond donors (Lipinski definition) is 1. The summed E-state index contributed by atoms with van der Waals surface area (Å²) in [5.74, 6) is 2.17. The van der Waals surface area contributed by atoms with E-state index >= 15 is 0 Å². The molecular formula is C19H19N3O3S3. The number of hydrogen-bond acceptors (Lipinski definition) is 8. The maximum absolute atomic E-state index is 12.2. The Bertz CT molecular complexity index is 919. The van der Waals surface area contributed by atoms with Crippen LogP contribution in [0.15, 0.2) is 57.2 Å². The van der Waals surface area contributed by atoms with Gasteiger partial charge in [-0.15, -0.1) is 10.2 Å². The van der Waals surface area contributed by atoms with Gasteiger partial charge in [-0.2, -0.15) is 0 Å². The summed E-state index contributed by atoms with van der Waals surface area (Å²) < 4.78 is 12.1. The zero-order chi connectivity index (χ0) is 19.8. The molecule has 0 saturated carbocycles. The highest BCUT2D eigenvalue weighted by atomic mass is 32.2. The molecule has 2 aromatic carbocycles. The lowest BCUT2D eigenvalue weighted by Gasteiger charge is -2.10. The van der Waals surface area contributed by atoms with Gasteiger partial charge in [-0.25, -0.2) is 0 Å². The minimum Gasteiger partial charge on any atom is -0.493 e. The normalized spacial score (nSPS) is 10.5. The van der Waals surface area contributed by atoms with Crippen molar-refractivity contribution < 1.29 is 14.3 Å². The Balaban J connectivity index is 1.48. The van der Waals surface area contributed by atoms with Gasteiger partial charge in [0.2, 0.25) is 5.91 Å². The van der Waals surface area contributed by atoms with E-state index in [1.807, 2.05) is 18.2 Å². The summed E-state index contributed by atoms with van der Waals surface area (Å²) in [6, 6.07) is 15.5. The lowest BCUT2D eigenvalue weighted by molar-refractivity contribution is -0.113. The molecule has 1 heterocycles. The van der Waals surface area contributed by atoms with Gasteiger partial charge >= 0.3 is 0 Å². The van der Waals surface area contributed by atoms with E-state index in [1.54, 1.807) is 44.2 Å². The summed E-state index contributed by atoms with van der Waals surface area (Å²) in [6.45, 7) is 0. The predicted molar refractivity (Wildman–Crippen MR) is 115 cm³/mol. The van der Waals surface area contributed by atoms with Crippen LogP contribution in [0.5, 0.6) is 11.5 Å². The topological polar surface area (TPSA) is 73.3 Å².